The molecule has 94 valence electrons. The van der Waals surface area contributed by atoms with Gasteiger partial charge in [-0.2, -0.15) is 4.98 Å². The summed E-state index contributed by atoms with van der Waals surface area (Å²) in [5.41, 5.74) is 0.514. The lowest BCUT2D eigenvalue weighted by atomic mass is 9.96. The van der Waals surface area contributed by atoms with E-state index in [2.05, 4.69) is 10.1 Å². The average Bonchev–Trinajstić information content (AvgIpc) is 2.78. The Morgan fingerprint density at radius 3 is 2.28 bits per heavy atom. The lowest BCUT2D eigenvalue weighted by molar-refractivity contribution is -0.384. The van der Waals surface area contributed by atoms with Crippen molar-refractivity contribution in [2.45, 2.75) is 26.2 Å². The molecule has 1 heterocycles. The predicted molar refractivity (Wildman–Crippen MR) is 65.1 cm³/mol. The summed E-state index contributed by atoms with van der Waals surface area (Å²) < 4.78 is 5.15. The summed E-state index contributed by atoms with van der Waals surface area (Å²) in [4.78, 5) is 14.4. The fraction of sp³-hybridized carbons (Fsp3) is 0.333. The van der Waals surface area contributed by atoms with Gasteiger partial charge in [0.1, 0.15) is 0 Å². The minimum Gasteiger partial charge on any atom is -0.334 e. The first kappa shape index (κ1) is 12.2. The molecule has 0 amide bonds. The maximum Gasteiger partial charge on any atom is 0.269 e. The minimum absolute atomic E-state index is 0.0364. The second kappa shape index (κ2) is 4.21. The Bertz CT molecular complexity index is 567. The number of hydrogen-bond acceptors (Lipinski definition) is 5. The fourth-order valence-electron chi connectivity index (χ4n) is 1.37. The molecule has 0 aliphatic heterocycles. The Balaban J connectivity index is 2.32. The zero-order chi connectivity index (χ0) is 13.3. The number of aromatic nitrogens is 2. The molecule has 2 aromatic rings. The Labute approximate surface area is 104 Å². The van der Waals surface area contributed by atoms with E-state index in [-0.39, 0.29) is 11.1 Å². The van der Waals surface area contributed by atoms with Gasteiger partial charge in [0.2, 0.25) is 0 Å². The summed E-state index contributed by atoms with van der Waals surface area (Å²) in [6, 6.07) is 6.02. The van der Waals surface area contributed by atoms with Crippen molar-refractivity contribution in [3.63, 3.8) is 0 Å². The standard InChI is InChI=1S/C12H13N3O3/c1-12(2,3)11-13-10(18-14-11)8-4-6-9(7-5-8)15(16)17/h4-7H,1-3H3. The Morgan fingerprint density at radius 2 is 1.83 bits per heavy atom. The van der Waals surface area contributed by atoms with E-state index in [0.717, 1.165) is 0 Å². The zero-order valence-corrected chi connectivity index (χ0v) is 10.4. The van der Waals surface area contributed by atoms with Crippen LogP contribution in [0.5, 0.6) is 0 Å². The molecule has 1 aromatic carbocycles. The number of nitro benzene ring substituents is 1. The number of rotatable bonds is 2. The molecule has 0 N–H and O–H groups in total. The number of nitro groups is 1. The van der Waals surface area contributed by atoms with Crippen LogP contribution in [0.25, 0.3) is 11.5 Å². The molecule has 0 atom stereocenters. The number of hydrogen-bond donors (Lipinski definition) is 0. The molecule has 0 unspecified atom stereocenters. The van der Waals surface area contributed by atoms with Crippen molar-refractivity contribution in [3.8, 4) is 11.5 Å². The highest BCUT2D eigenvalue weighted by Gasteiger charge is 2.21. The van der Waals surface area contributed by atoms with Crippen molar-refractivity contribution >= 4 is 5.69 Å². The average molecular weight is 247 g/mol. The fourth-order valence-corrected chi connectivity index (χ4v) is 1.37. The SMILES string of the molecule is CC(C)(C)c1noc(-c2ccc([N+](=O)[O-])cc2)n1. The van der Waals surface area contributed by atoms with Gasteiger partial charge >= 0.3 is 0 Å². The van der Waals surface area contributed by atoms with Gasteiger partial charge in [-0.25, -0.2) is 0 Å². The minimum atomic E-state index is -0.446. The molecule has 1 aromatic heterocycles. The summed E-state index contributed by atoms with van der Waals surface area (Å²) in [6.07, 6.45) is 0. The second-order valence-electron chi connectivity index (χ2n) is 4.98. The molecule has 0 fully saturated rings. The van der Waals surface area contributed by atoms with E-state index >= 15 is 0 Å². The van der Waals surface area contributed by atoms with Gasteiger partial charge in [-0.1, -0.05) is 25.9 Å². The van der Waals surface area contributed by atoms with Crippen molar-refractivity contribution in [2.75, 3.05) is 0 Å². The third-order valence-corrected chi connectivity index (χ3v) is 2.42. The van der Waals surface area contributed by atoms with Gasteiger partial charge < -0.3 is 4.52 Å². The maximum atomic E-state index is 10.5. The maximum absolute atomic E-state index is 10.5. The van der Waals surface area contributed by atoms with Crippen molar-refractivity contribution in [1.82, 2.24) is 10.1 Å². The third kappa shape index (κ3) is 2.37. The first-order chi connectivity index (χ1) is 8.38. The van der Waals surface area contributed by atoms with Crippen LogP contribution in [0.3, 0.4) is 0 Å². The van der Waals surface area contributed by atoms with Crippen molar-refractivity contribution in [2.24, 2.45) is 0 Å². The van der Waals surface area contributed by atoms with E-state index in [1.807, 2.05) is 20.8 Å². The topological polar surface area (TPSA) is 82.1 Å². The van der Waals surface area contributed by atoms with Crippen LogP contribution < -0.4 is 0 Å². The lowest BCUT2D eigenvalue weighted by Gasteiger charge is -2.10. The molecule has 6 heteroatoms. The van der Waals surface area contributed by atoms with Gasteiger partial charge in [0.25, 0.3) is 11.6 Å². The smallest absolute Gasteiger partial charge is 0.269 e. The Morgan fingerprint density at radius 1 is 1.22 bits per heavy atom. The van der Waals surface area contributed by atoms with Crippen LogP contribution in [0.1, 0.15) is 26.6 Å². The van der Waals surface area contributed by atoms with Gasteiger partial charge in [0, 0.05) is 23.1 Å². The molecule has 0 saturated heterocycles. The van der Waals surface area contributed by atoms with Gasteiger partial charge in [-0.05, 0) is 12.1 Å². The van der Waals surface area contributed by atoms with Crippen LogP contribution in [-0.4, -0.2) is 15.1 Å². The highest BCUT2D eigenvalue weighted by Crippen LogP contribution is 2.24. The van der Waals surface area contributed by atoms with Crippen molar-refractivity contribution in [3.05, 3.63) is 40.2 Å². The number of benzene rings is 1. The second-order valence-corrected chi connectivity index (χ2v) is 4.98. The van der Waals surface area contributed by atoms with E-state index in [0.29, 0.717) is 17.3 Å². The summed E-state index contributed by atoms with van der Waals surface area (Å²) in [7, 11) is 0. The Hall–Kier alpha value is -2.24. The van der Waals surface area contributed by atoms with Crippen LogP contribution in [0.2, 0.25) is 0 Å². The third-order valence-electron chi connectivity index (χ3n) is 2.42. The van der Waals surface area contributed by atoms with Crippen LogP contribution in [-0.2, 0) is 5.41 Å². The van der Waals surface area contributed by atoms with Gasteiger partial charge in [-0.15, -0.1) is 0 Å². The molecule has 0 saturated carbocycles. The molecule has 0 aliphatic carbocycles. The quantitative estimate of drug-likeness (QED) is 0.601. The van der Waals surface area contributed by atoms with Crippen molar-refractivity contribution < 1.29 is 9.45 Å². The molecular weight excluding hydrogens is 234 g/mol. The molecule has 0 aliphatic rings. The largest absolute Gasteiger partial charge is 0.334 e. The van der Waals surface area contributed by atoms with Gasteiger partial charge in [-0.3, -0.25) is 10.1 Å². The molecular formula is C12H13N3O3. The molecule has 18 heavy (non-hydrogen) atoms. The van der Waals surface area contributed by atoms with Crippen LogP contribution in [0.15, 0.2) is 28.8 Å². The van der Waals surface area contributed by atoms with Crippen LogP contribution in [0, 0.1) is 10.1 Å². The van der Waals surface area contributed by atoms with E-state index in [4.69, 9.17) is 4.52 Å². The molecule has 6 nitrogen and oxygen atoms in total. The highest BCUT2D eigenvalue weighted by molar-refractivity contribution is 5.55. The van der Waals surface area contributed by atoms with E-state index in [1.54, 1.807) is 12.1 Å². The molecule has 0 bridgehead atoms. The van der Waals surface area contributed by atoms with Gasteiger partial charge in [0.15, 0.2) is 5.82 Å². The van der Waals surface area contributed by atoms with Crippen LogP contribution in [0.4, 0.5) is 5.69 Å². The zero-order valence-electron chi connectivity index (χ0n) is 10.4. The van der Waals surface area contributed by atoms with Crippen molar-refractivity contribution in [1.29, 1.82) is 0 Å². The van der Waals surface area contributed by atoms with E-state index in [9.17, 15) is 10.1 Å². The number of non-ortho nitro benzene ring substituents is 1. The van der Waals surface area contributed by atoms with Crippen LogP contribution >= 0.6 is 0 Å². The van der Waals surface area contributed by atoms with Gasteiger partial charge in [0.05, 0.1) is 4.92 Å². The monoisotopic (exact) mass is 247 g/mol. The predicted octanol–water partition coefficient (Wildman–Crippen LogP) is 2.94. The molecule has 0 radical (unpaired) electrons. The first-order valence-electron chi connectivity index (χ1n) is 5.47. The molecule has 2 rings (SSSR count). The van der Waals surface area contributed by atoms with E-state index in [1.165, 1.54) is 12.1 Å². The lowest BCUT2D eigenvalue weighted by Crippen LogP contribution is -2.13. The Kier molecular flexibility index (Phi) is 2.86. The summed E-state index contributed by atoms with van der Waals surface area (Å²) >= 11 is 0. The summed E-state index contributed by atoms with van der Waals surface area (Å²) in [5, 5.41) is 14.4. The summed E-state index contributed by atoms with van der Waals surface area (Å²) in [6.45, 7) is 5.95. The highest BCUT2D eigenvalue weighted by atomic mass is 16.6. The van der Waals surface area contributed by atoms with E-state index < -0.39 is 4.92 Å². The molecule has 0 spiro atoms. The first-order valence-corrected chi connectivity index (χ1v) is 5.47. The normalized spacial score (nSPS) is 11.5. The number of nitrogens with zero attached hydrogens (tertiary/aromatic N) is 3. The summed E-state index contributed by atoms with van der Waals surface area (Å²) in [5.74, 6) is 0.977.